The van der Waals surface area contributed by atoms with E-state index < -0.39 is 11.2 Å². The first-order valence-corrected chi connectivity index (χ1v) is 5.16. The molecule has 0 saturated heterocycles. The molecule has 0 unspecified atom stereocenters. The predicted octanol–water partition coefficient (Wildman–Crippen LogP) is 3.49. The summed E-state index contributed by atoms with van der Waals surface area (Å²) in [5.41, 5.74) is -0.000247. The van der Waals surface area contributed by atoms with Gasteiger partial charge in [0, 0.05) is 28.0 Å². The van der Waals surface area contributed by atoms with Gasteiger partial charge in [0.05, 0.1) is 0 Å². The summed E-state index contributed by atoms with van der Waals surface area (Å²) in [6.07, 6.45) is 2.41. The maximum Gasteiger partial charge on any atom is 0.224 e. The van der Waals surface area contributed by atoms with Crippen molar-refractivity contribution in [1.82, 2.24) is 4.98 Å². The van der Waals surface area contributed by atoms with Crippen molar-refractivity contribution in [3.8, 4) is 11.1 Å². The highest BCUT2D eigenvalue weighted by Gasteiger charge is 2.08. The van der Waals surface area contributed by atoms with Gasteiger partial charge in [0.2, 0.25) is 5.43 Å². The Balaban J connectivity index is 2.68. The van der Waals surface area contributed by atoms with Crippen LogP contribution in [0.15, 0.2) is 35.4 Å². The number of pyridine rings is 1. The van der Waals surface area contributed by atoms with Gasteiger partial charge in [-0.3, -0.25) is 4.79 Å². The summed E-state index contributed by atoms with van der Waals surface area (Å²) in [4.78, 5) is 14.1. The lowest BCUT2D eigenvalue weighted by atomic mass is 10.1. The van der Waals surface area contributed by atoms with Crippen LogP contribution in [-0.2, 0) is 0 Å². The van der Waals surface area contributed by atoms with Gasteiger partial charge < -0.3 is 4.98 Å². The molecule has 2 rings (SSSR count). The fraction of sp³-hybridized carbons (Fsp3) is 0. The number of nitrogens with one attached hydrogen (secondary N) is 1. The molecule has 16 heavy (non-hydrogen) atoms. The van der Waals surface area contributed by atoms with Gasteiger partial charge in [0.15, 0.2) is 5.82 Å². The number of rotatable bonds is 1. The Kier molecular flexibility index (Phi) is 2.99. The third-order valence-corrected chi connectivity index (χ3v) is 2.51. The Morgan fingerprint density at radius 2 is 1.69 bits per heavy atom. The zero-order valence-electron chi connectivity index (χ0n) is 7.93. The standard InChI is InChI=1S/C11H6Cl2FNO/c12-7-1-6(2-8(13)3-7)9-4-15-5-10(14)11(9)16/h1-5H,(H,15,16). The van der Waals surface area contributed by atoms with Gasteiger partial charge in [0.25, 0.3) is 0 Å². The molecule has 0 saturated carbocycles. The van der Waals surface area contributed by atoms with E-state index in [0.29, 0.717) is 15.6 Å². The largest absolute Gasteiger partial charge is 0.364 e. The van der Waals surface area contributed by atoms with Crippen LogP contribution in [0.5, 0.6) is 0 Å². The average molecular weight is 258 g/mol. The molecule has 0 spiro atoms. The lowest BCUT2D eigenvalue weighted by molar-refractivity contribution is 0.612. The fourth-order valence-electron chi connectivity index (χ4n) is 1.38. The number of aromatic nitrogens is 1. The molecule has 5 heteroatoms. The molecular weight excluding hydrogens is 252 g/mol. The van der Waals surface area contributed by atoms with Gasteiger partial charge in [-0.15, -0.1) is 0 Å². The van der Waals surface area contributed by atoms with Crippen LogP contribution >= 0.6 is 23.2 Å². The smallest absolute Gasteiger partial charge is 0.224 e. The molecule has 0 atom stereocenters. The predicted molar refractivity (Wildman–Crippen MR) is 62.5 cm³/mol. The minimum Gasteiger partial charge on any atom is -0.364 e. The summed E-state index contributed by atoms with van der Waals surface area (Å²) in [6.45, 7) is 0. The molecule has 1 N–H and O–H groups in total. The molecular formula is C11H6Cl2FNO. The number of benzene rings is 1. The second-order valence-electron chi connectivity index (χ2n) is 3.20. The zero-order chi connectivity index (χ0) is 11.7. The van der Waals surface area contributed by atoms with E-state index in [1.165, 1.54) is 6.20 Å². The van der Waals surface area contributed by atoms with E-state index in [9.17, 15) is 9.18 Å². The number of aromatic amines is 1. The van der Waals surface area contributed by atoms with Crippen molar-refractivity contribution >= 4 is 23.2 Å². The number of H-pyrrole nitrogens is 1. The monoisotopic (exact) mass is 257 g/mol. The quantitative estimate of drug-likeness (QED) is 0.834. The first-order chi connectivity index (χ1) is 7.58. The van der Waals surface area contributed by atoms with E-state index in [2.05, 4.69) is 4.98 Å². The molecule has 0 amide bonds. The van der Waals surface area contributed by atoms with E-state index in [1.54, 1.807) is 18.2 Å². The Bertz CT molecular complexity index is 575. The van der Waals surface area contributed by atoms with Crippen LogP contribution < -0.4 is 5.43 Å². The highest BCUT2D eigenvalue weighted by atomic mass is 35.5. The van der Waals surface area contributed by atoms with E-state index in [-0.39, 0.29) is 5.56 Å². The van der Waals surface area contributed by atoms with Crippen molar-refractivity contribution in [2.45, 2.75) is 0 Å². The van der Waals surface area contributed by atoms with E-state index in [0.717, 1.165) is 6.20 Å². The summed E-state index contributed by atoms with van der Waals surface area (Å²) < 4.78 is 13.1. The molecule has 1 aromatic carbocycles. The Morgan fingerprint density at radius 3 is 2.31 bits per heavy atom. The molecule has 0 bridgehead atoms. The van der Waals surface area contributed by atoms with E-state index in [1.807, 2.05) is 0 Å². The maximum absolute atomic E-state index is 13.1. The minimum atomic E-state index is -0.839. The van der Waals surface area contributed by atoms with Gasteiger partial charge >= 0.3 is 0 Å². The third kappa shape index (κ3) is 2.10. The highest BCUT2D eigenvalue weighted by molar-refractivity contribution is 6.35. The van der Waals surface area contributed by atoms with E-state index >= 15 is 0 Å². The van der Waals surface area contributed by atoms with Crippen LogP contribution in [0.2, 0.25) is 10.0 Å². The van der Waals surface area contributed by atoms with Crippen LogP contribution in [0, 0.1) is 5.82 Å². The highest BCUT2D eigenvalue weighted by Crippen LogP contribution is 2.24. The fourth-order valence-corrected chi connectivity index (χ4v) is 1.91. The molecule has 82 valence electrons. The zero-order valence-corrected chi connectivity index (χ0v) is 9.44. The summed E-state index contributed by atoms with van der Waals surface area (Å²) in [7, 11) is 0. The molecule has 0 aliphatic heterocycles. The second kappa shape index (κ2) is 4.28. The van der Waals surface area contributed by atoms with Gasteiger partial charge in [-0.05, 0) is 23.8 Å². The van der Waals surface area contributed by atoms with Crippen LogP contribution in [0.25, 0.3) is 11.1 Å². The molecule has 2 nitrogen and oxygen atoms in total. The lowest BCUT2D eigenvalue weighted by Crippen LogP contribution is -2.09. The molecule has 1 aromatic heterocycles. The lowest BCUT2D eigenvalue weighted by Gasteiger charge is -2.02. The van der Waals surface area contributed by atoms with Gasteiger partial charge in [-0.25, -0.2) is 4.39 Å². The molecule has 0 aliphatic rings. The maximum atomic E-state index is 13.1. The SMILES string of the molecule is O=c1c(F)c[nH]cc1-c1cc(Cl)cc(Cl)c1. The normalized spacial score (nSPS) is 10.4. The number of halogens is 3. The van der Waals surface area contributed by atoms with E-state index in [4.69, 9.17) is 23.2 Å². The Hall–Kier alpha value is -1.32. The van der Waals surface area contributed by atoms with Crippen molar-refractivity contribution < 1.29 is 4.39 Å². The van der Waals surface area contributed by atoms with Crippen LogP contribution in [-0.4, -0.2) is 4.98 Å². The van der Waals surface area contributed by atoms with Crippen molar-refractivity contribution in [2.75, 3.05) is 0 Å². The van der Waals surface area contributed by atoms with Crippen LogP contribution in [0.3, 0.4) is 0 Å². The Labute approximate surface area is 101 Å². The molecule has 1 heterocycles. The summed E-state index contributed by atoms with van der Waals surface area (Å²) in [5.74, 6) is -0.839. The minimum absolute atomic E-state index is 0.199. The van der Waals surface area contributed by atoms with Gasteiger partial charge in [-0.1, -0.05) is 23.2 Å². The van der Waals surface area contributed by atoms with Crippen molar-refractivity contribution in [3.05, 3.63) is 56.7 Å². The average Bonchev–Trinajstić information content (AvgIpc) is 2.20. The number of hydrogen-bond donors (Lipinski definition) is 1. The summed E-state index contributed by atoms with van der Waals surface area (Å²) >= 11 is 11.6. The number of hydrogen-bond acceptors (Lipinski definition) is 1. The first-order valence-electron chi connectivity index (χ1n) is 4.41. The van der Waals surface area contributed by atoms with Crippen LogP contribution in [0.1, 0.15) is 0 Å². The van der Waals surface area contributed by atoms with Crippen molar-refractivity contribution in [2.24, 2.45) is 0 Å². The van der Waals surface area contributed by atoms with Crippen molar-refractivity contribution in [1.29, 1.82) is 0 Å². The molecule has 0 radical (unpaired) electrons. The van der Waals surface area contributed by atoms with Gasteiger partial charge in [0.1, 0.15) is 0 Å². The topological polar surface area (TPSA) is 32.9 Å². The molecule has 2 aromatic rings. The summed E-state index contributed by atoms with van der Waals surface area (Å²) in [5, 5.41) is 0.789. The Morgan fingerprint density at radius 1 is 1.06 bits per heavy atom. The van der Waals surface area contributed by atoms with Gasteiger partial charge in [-0.2, -0.15) is 0 Å². The first kappa shape index (κ1) is 11.2. The van der Waals surface area contributed by atoms with Crippen LogP contribution in [0.4, 0.5) is 4.39 Å². The van der Waals surface area contributed by atoms with Crippen molar-refractivity contribution in [3.63, 3.8) is 0 Å². The third-order valence-electron chi connectivity index (χ3n) is 2.07. The molecule has 0 aliphatic carbocycles. The second-order valence-corrected chi connectivity index (χ2v) is 4.08. The summed E-state index contributed by atoms with van der Waals surface area (Å²) in [6, 6.07) is 4.65. The molecule has 0 fully saturated rings.